The van der Waals surface area contributed by atoms with E-state index in [4.69, 9.17) is 5.73 Å². The van der Waals surface area contributed by atoms with E-state index in [-0.39, 0.29) is 27.9 Å². The van der Waals surface area contributed by atoms with Gasteiger partial charge in [-0.05, 0) is 42.0 Å². The van der Waals surface area contributed by atoms with Crippen molar-refractivity contribution in [2.24, 2.45) is 5.73 Å². The number of anilines is 1. The van der Waals surface area contributed by atoms with Crippen LogP contribution in [0.4, 0.5) is 13.9 Å². The second-order valence-electron chi connectivity index (χ2n) is 5.74. The van der Waals surface area contributed by atoms with Crippen LogP contribution in [0.5, 0.6) is 5.75 Å². The molecule has 2 N–H and O–H groups in total. The minimum Gasteiger partial charge on any atom is -0.435 e. The van der Waals surface area contributed by atoms with Gasteiger partial charge in [0, 0.05) is 17.1 Å². The third-order valence-electron chi connectivity index (χ3n) is 3.81. The number of hydrogen-bond donors (Lipinski definition) is 1. The molecule has 29 heavy (non-hydrogen) atoms. The molecule has 1 aromatic heterocycles. The lowest BCUT2D eigenvalue weighted by Crippen LogP contribution is -2.30. The Morgan fingerprint density at radius 2 is 1.93 bits per heavy atom. The third-order valence-corrected chi connectivity index (χ3v) is 6.47. The lowest BCUT2D eigenvalue weighted by Gasteiger charge is -2.22. The Morgan fingerprint density at radius 1 is 1.21 bits per heavy atom. The van der Waals surface area contributed by atoms with Gasteiger partial charge in [-0.25, -0.2) is 17.7 Å². The van der Waals surface area contributed by atoms with E-state index in [1.54, 1.807) is 11.4 Å². The summed E-state index contributed by atoms with van der Waals surface area (Å²) in [6.07, 6.45) is 1.45. The largest absolute Gasteiger partial charge is 0.435 e. The number of primary amides is 1. The van der Waals surface area contributed by atoms with E-state index in [2.05, 4.69) is 9.72 Å². The summed E-state index contributed by atoms with van der Waals surface area (Å²) in [5, 5.41) is 1.81. The number of rotatable bonds is 8. The number of carbonyl (C=O) groups excluding carboxylic acids is 1. The summed E-state index contributed by atoms with van der Waals surface area (Å²) in [5.74, 6) is -0.763. The SMILES string of the molecule is NC(=O)c1ccc(S(=O)(=O)N(Cc2cccc(OC(F)F)c2)c2nccs2)cc1. The van der Waals surface area contributed by atoms with Gasteiger partial charge in [-0.2, -0.15) is 8.78 Å². The zero-order chi connectivity index (χ0) is 21.0. The van der Waals surface area contributed by atoms with Crippen LogP contribution in [-0.4, -0.2) is 25.9 Å². The van der Waals surface area contributed by atoms with E-state index in [1.165, 1.54) is 48.7 Å². The molecule has 0 saturated heterocycles. The number of aromatic nitrogens is 1. The second kappa shape index (κ2) is 8.53. The van der Waals surface area contributed by atoms with Crippen LogP contribution < -0.4 is 14.8 Å². The van der Waals surface area contributed by atoms with Crippen molar-refractivity contribution in [3.63, 3.8) is 0 Å². The molecule has 11 heteroatoms. The minimum absolute atomic E-state index is 0.0716. The molecule has 2 aromatic carbocycles. The zero-order valence-corrected chi connectivity index (χ0v) is 16.4. The molecule has 0 radical (unpaired) electrons. The van der Waals surface area contributed by atoms with Crippen LogP contribution in [0.1, 0.15) is 15.9 Å². The molecule has 0 aliphatic rings. The lowest BCUT2D eigenvalue weighted by molar-refractivity contribution is -0.0498. The smallest absolute Gasteiger partial charge is 0.387 e. The van der Waals surface area contributed by atoms with Crippen molar-refractivity contribution in [1.82, 2.24) is 4.98 Å². The Balaban J connectivity index is 1.97. The summed E-state index contributed by atoms with van der Waals surface area (Å²) in [6, 6.07) is 10.9. The second-order valence-corrected chi connectivity index (χ2v) is 8.48. The van der Waals surface area contributed by atoms with Gasteiger partial charge in [0.25, 0.3) is 10.0 Å². The van der Waals surface area contributed by atoms with Gasteiger partial charge in [-0.3, -0.25) is 4.79 Å². The van der Waals surface area contributed by atoms with Gasteiger partial charge in [-0.15, -0.1) is 11.3 Å². The Kier molecular flexibility index (Phi) is 6.09. The van der Waals surface area contributed by atoms with Crippen LogP contribution in [-0.2, 0) is 16.6 Å². The molecule has 1 amide bonds. The van der Waals surface area contributed by atoms with Crippen LogP contribution in [0.3, 0.4) is 0 Å². The van der Waals surface area contributed by atoms with E-state index >= 15 is 0 Å². The van der Waals surface area contributed by atoms with Gasteiger partial charge in [0.15, 0.2) is 5.13 Å². The molecule has 0 fully saturated rings. The molecule has 0 spiro atoms. The van der Waals surface area contributed by atoms with E-state index < -0.39 is 22.5 Å². The Morgan fingerprint density at radius 3 is 2.52 bits per heavy atom. The highest BCUT2D eigenvalue weighted by molar-refractivity contribution is 7.93. The van der Waals surface area contributed by atoms with Crippen molar-refractivity contribution in [3.8, 4) is 5.75 Å². The topological polar surface area (TPSA) is 103 Å². The van der Waals surface area contributed by atoms with Crippen molar-refractivity contribution in [2.75, 3.05) is 4.31 Å². The fraction of sp³-hybridized carbons (Fsp3) is 0.111. The molecule has 0 unspecified atom stereocenters. The quantitative estimate of drug-likeness (QED) is 0.581. The first kappa shape index (κ1) is 20.7. The highest BCUT2D eigenvalue weighted by Gasteiger charge is 2.27. The predicted molar refractivity (Wildman–Crippen MR) is 104 cm³/mol. The van der Waals surface area contributed by atoms with E-state index in [0.29, 0.717) is 5.56 Å². The number of nitrogens with zero attached hydrogens (tertiary/aromatic N) is 2. The molecule has 1 heterocycles. The number of carbonyl (C=O) groups is 1. The first-order valence-corrected chi connectivity index (χ1v) is 10.4. The number of alkyl halides is 2. The van der Waals surface area contributed by atoms with Crippen molar-refractivity contribution in [1.29, 1.82) is 0 Å². The molecule has 0 aliphatic carbocycles. The van der Waals surface area contributed by atoms with Crippen LogP contribution in [0.25, 0.3) is 0 Å². The number of amides is 1. The number of benzene rings is 2. The molecule has 0 saturated carbocycles. The van der Waals surface area contributed by atoms with Crippen LogP contribution in [0, 0.1) is 0 Å². The maximum Gasteiger partial charge on any atom is 0.387 e. The molecular formula is C18H15F2N3O4S2. The summed E-state index contributed by atoms with van der Waals surface area (Å²) < 4.78 is 56.8. The van der Waals surface area contributed by atoms with E-state index in [1.807, 2.05) is 0 Å². The van der Waals surface area contributed by atoms with Crippen molar-refractivity contribution in [3.05, 3.63) is 71.2 Å². The minimum atomic E-state index is -4.06. The predicted octanol–water partition coefficient (Wildman–Crippen LogP) is 3.24. The number of nitrogens with two attached hydrogens (primary N) is 1. The number of sulfonamides is 1. The molecule has 7 nitrogen and oxygen atoms in total. The average molecular weight is 439 g/mol. The summed E-state index contributed by atoms with van der Waals surface area (Å²) in [5.41, 5.74) is 5.78. The van der Waals surface area contributed by atoms with Gasteiger partial charge in [0.05, 0.1) is 11.4 Å². The first-order chi connectivity index (χ1) is 13.8. The number of hydrogen-bond acceptors (Lipinski definition) is 6. The molecule has 0 aliphatic heterocycles. The van der Waals surface area contributed by atoms with E-state index in [0.717, 1.165) is 15.6 Å². The van der Waals surface area contributed by atoms with Gasteiger partial charge in [0.2, 0.25) is 5.91 Å². The Hall–Kier alpha value is -3.05. The molecular weight excluding hydrogens is 424 g/mol. The Labute approximate surface area is 169 Å². The third kappa shape index (κ3) is 4.87. The molecule has 3 aromatic rings. The summed E-state index contributed by atoms with van der Waals surface area (Å²) in [6.45, 7) is -3.15. The van der Waals surface area contributed by atoms with Gasteiger partial charge < -0.3 is 10.5 Å². The monoisotopic (exact) mass is 439 g/mol. The summed E-state index contributed by atoms with van der Waals surface area (Å²) in [4.78, 5) is 15.2. The highest BCUT2D eigenvalue weighted by atomic mass is 32.2. The molecule has 3 rings (SSSR count). The fourth-order valence-corrected chi connectivity index (χ4v) is 4.78. The number of thiazole rings is 1. The van der Waals surface area contributed by atoms with Gasteiger partial charge >= 0.3 is 6.61 Å². The molecule has 0 bridgehead atoms. The average Bonchev–Trinajstić information content (AvgIpc) is 3.20. The fourth-order valence-electron chi connectivity index (χ4n) is 2.50. The Bertz CT molecular complexity index is 1090. The standard InChI is InChI=1S/C18H15F2N3O4S2/c19-17(20)27-14-3-1-2-12(10-14)11-23(18-22-8-9-28-18)29(25,26)15-6-4-13(5-7-15)16(21)24/h1-10,17H,11H2,(H2,21,24). The van der Waals surface area contributed by atoms with Crippen molar-refractivity contribution in [2.45, 2.75) is 18.1 Å². The maximum atomic E-state index is 13.2. The normalized spacial score (nSPS) is 11.4. The van der Waals surface area contributed by atoms with Gasteiger partial charge in [0.1, 0.15) is 5.75 Å². The van der Waals surface area contributed by atoms with Crippen molar-refractivity contribution >= 4 is 32.4 Å². The zero-order valence-electron chi connectivity index (χ0n) is 14.7. The van der Waals surface area contributed by atoms with E-state index in [9.17, 15) is 22.0 Å². The number of ether oxygens (including phenoxy) is 1. The molecule has 0 atom stereocenters. The highest BCUT2D eigenvalue weighted by Crippen LogP contribution is 2.28. The van der Waals surface area contributed by atoms with Gasteiger partial charge in [-0.1, -0.05) is 12.1 Å². The molecule has 152 valence electrons. The number of halogens is 2. The first-order valence-electron chi connectivity index (χ1n) is 8.13. The summed E-state index contributed by atoms with van der Waals surface area (Å²) in [7, 11) is -4.06. The van der Waals surface area contributed by atoms with Crippen LogP contribution in [0.15, 0.2) is 65.0 Å². The van der Waals surface area contributed by atoms with Crippen molar-refractivity contribution < 1.29 is 26.7 Å². The summed E-state index contributed by atoms with van der Waals surface area (Å²) >= 11 is 1.10. The maximum absolute atomic E-state index is 13.2. The van der Waals surface area contributed by atoms with Crippen LogP contribution in [0.2, 0.25) is 0 Å². The lowest BCUT2D eigenvalue weighted by atomic mass is 10.2. The van der Waals surface area contributed by atoms with Crippen LogP contribution >= 0.6 is 11.3 Å².